The third-order valence-electron chi connectivity index (χ3n) is 1.43. The van der Waals surface area contributed by atoms with Crippen molar-refractivity contribution in [2.24, 2.45) is 0 Å². The van der Waals surface area contributed by atoms with Crippen LogP contribution in [0.1, 0.15) is 15.9 Å². The van der Waals surface area contributed by atoms with E-state index in [1.54, 1.807) is 12.1 Å². The van der Waals surface area contributed by atoms with Crippen LogP contribution in [0.3, 0.4) is 0 Å². The van der Waals surface area contributed by atoms with Crippen LogP contribution >= 0.6 is 0 Å². The van der Waals surface area contributed by atoms with Crippen LogP contribution in [0, 0.1) is 12.3 Å². The van der Waals surface area contributed by atoms with Gasteiger partial charge in [0.1, 0.15) is 0 Å². The van der Waals surface area contributed by atoms with Gasteiger partial charge in [0.25, 0.3) is 0 Å². The monoisotopic (exact) mass is 147 g/mol. The van der Waals surface area contributed by atoms with Crippen LogP contribution in [-0.4, -0.2) is 12.0 Å². The molecular formula is C9H9NO. The molecular weight excluding hydrogens is 138 g/mol. The fourth-order valence-corrected chi connectivity index (χ4v) is 0.882. The van der Waals surface area contributed by atoms with Crippen molar-refractivity contribution in [1.82, 2.24) is 0 Å². The number of carbonyl (C=O) groups is 1. The Kier molecular flexibility index (Phi) is 2.16. The highest BCUT2D eigenvalue weighted by Gasteiger charge is 1.99. The molecule has 0 bridgehead atoms. The molecule has 0 unspecified atom stereocenters. The van der Waals surface area contributed by atoms with Crippen LogP contribution in [0.4, 0.5) is 0 Å². The molecule has 0 atom stereocenters. The maximum absolute atomic E-state index is 10.9. The van der Waals surface area contributed by atoms with E-state index in [-0.39, 0.29) is 5.78 Å². The second-order valence-corrected chi connectivity index (χ2v) is 2.38. The summed E-state index contributed by atoms with van der Waals surface area (Å²) in [4.78, 5) is 10.9. The maximum Gasteiger partial charge on any atom is 0.203 e. The second kappa shape index (κ2) is 3.10. The molecule has 0 spiro atoms. The molecule has 1 rings (SSSR count). The first-order valence-corrected chi connectivity index (χ1v) is 3.35. The van der Waals surface area contributed by atoms with Crippen LogP contribution in [-0.2, 0) is 0 Å². The molecule has 0 aliphatic carbocycles. The highest BCUT2D eigenvalue weighted by atomic mass is 16.1. The first-order chi connectivity index (χ1) is 5.24. The molecule has 0 saturated heterocycles. The summed E-state index contributed by atoms with van der Waals surface area (Å²) in [6, 6.07) is 7.21. The summed E-state index contributed by atoms with van der Waals surface area (Å²) in [6.45, 7) is 1.92. The summed E-state index contributed by atoms with van der Waals surface area (Å²) in [5, 5.41) is 6.74. The van der Waals surface area contributed by atoms with Gasteiger partial charge >= 0.3 is 0 Å². The molecule has 0 heterocycles. The highest BCUT2D eigenvalue weighted by Crippen LogP contribution is 2.03. The Morgan fingerprint density at radius 1 is 1.55 bits per heavy atom. The van der Waals surface area contributed by atoms with Gasteiger partial charge in [-0.25, -0.2) is 0 Å². The summed E-state index contributed by atoms with van der Waals surface area (Å²) < 4.78 is 0. The van der Waals surface area contributed by atoms with Gasteiger partial charge in [0.05, 0.1) is 6.21 Å². The van der Waals surface area contributed by atoms with Crippen molar-refractivity contribution in [3.05, 3.63) is 35.4 Å². The highest BCUT2D eigenvalue weighted by molar-refractivity contribution is 6.34. The van der Waals surface area contributed by atoms with Crippen molar-refractivity contribution in [3.8, 4) is 0 Å². The van der Waals surface area contributed by atoms with Crippen molar-refractivity contribution in [3.63, 3.8) is 0 Å². The van der Waals surface area contributed by atoms with Crippen LogP contribution in [0.2, 0.25) is 0 Å². The van der Waals surface area contributed by atoms with E-state index < -0.39 is 0 Å². The fraction of sp³-hybridized carbons (Fsp3) is 0.111. The molecule has 0 radical (unpaired) electrons. The van der Waals surface area contributed by atoms with E-state index in [1.165, 1.54) is 0 Å². The normalized spacial score (nSPS) is 9.18. The van der Waals surface area contributed by atoms with Crippen molar-refractivity contribution in [2.45, 2.75) is 6.92 Å². The molecule has 0 aromatic heterocycles. The molecule has 2 nitrogen and oxygen atoms in total. The molecule has 0 aliphatic rings. The number of carbonyl (C=O) groups excluding carboxylic acids is 1. The molecule has 0 fully saturated rings. The lowest BCUT2D eigenvalue weighted by atomic mass is 10.1. The van der Waals surface area contributed by atoms with E-state index in [0.717, 1.165) is 11.8 Å². The van der Waals surface area contributed by atoms with Crippen molar-refractivity contribution < 1.29 is 4.79 Å². The summed E-state index contributed by atoms with van der Waals surface area (Å²) in [6.07, 6.45) is 0.828. The molecule has 1 aromatic carbocycles. The molecule has 0 saturated carbocycles. The Morgan fingerprint density at radius 2 is 2.27 bits per heavy atom. The van der Waals surface area contributed by atoms with Gasteiger partial charge in [-0.05, 0) is 13.0 Å². The van der Waals surface area contributed by atoms with Crippen molar-refractivity contribution >= 4 is 12.0 Å². The van der Waals surface area contributed by atoms with Gasteiger partial charge in [0.2, 0.25) is 5.78 Å². The van der Waals surface area contributed by atoms with E-state index in [1.807, 2.05) is 19.1 Å². The Labute approximate surface area is 65.4 Å². The van der Waals surface area contributed by atoms with Gasteiger partial charge in [-0.1, -0.05) is 23.8 Å². The molecule has 2 heteroatoms. The summed E-state index contributed by atoms with van der Waals surface area (Å²) >= 11 is 0. The minimum atomic E-state index is -0.242. The first-order valence-electron chi connectivity index (χ1n) is 3.35. The number of nitrogens with one attached hydrogen (secondary N) is 1. The minimum Gasteiger partial charge on any atom is -0.305 e. The Morgan fingerprint density at radius 3 is 2.82 bits per heavy atom. The minimum absolute atomic E-state index is 0.242. The quantitative estimate of drug-likeness (QED) is 0.503. The van der Waals surface area contributed by atoms with E-state index in [0.29, 0.717) is 5.56 Å². The lowest BCUT2D eigenvalue weighted by molar-refractivity contribution is 0.107. The average molecular weight is 147 g/mol. The lowest BCUT2D eigenvalue weighted by Gasteiger charge is -1.95. The number of hydrogen-bond donors (Lipinski definition) is 1. The smallest absolute Gasteiger partial charge is 0.203 e. The second-order valence-electron chi connectivity index (χ2n) is 2.38. The van der Waals surface area contributed by atoms with E-state index in [9.17, 15) is 4.79 Å². The van der Waals surface area contributed by atoms with Crippen molar-refractivity contribution in [1.29, 1.82) is 5.41 Å². The SMILES string of the molecule is Cc1cccc(C(=O)C=N)c1. The zero-order chi connectivity index (χ0) is 8.27. The maximum atomic E-state index is 10.9. The standard InChI is InChI=1S/C9H9NO/c1-7-3-2-4-8(5-7)9(11)6-10/h2-6,10H,1H3. The summed E-state index contributed by atoms with van der Waals surface area (Å²) in [5.74, 6) is -0.242. The zero-order valence-electron chi connectivity index (χ0n) is 6.29. The predicted octanol–water partition coefficient (Wildman–Crippen LogP) is 1.83. The van der Waals surface area contributed by atoms with Gasteiger partial charge < -0.3 is 5.41 Å². The Hall–Kier alpha value is -1.44. The van der Waals surface area contributed by atoms with Crippen LogP contribution in [0.15, 0.2) is 24.3 Å². The Balaban J connectivity index is 3.05. The average Bonchev–Trinajstić information content (AvgIpc) is 2.03. The largest absolute Gasteiger partial charge is 0.305 e. The summed E-state index contributed by atoms with van der Waals surface area (Å²) in [5.41, 5.74) is 1.62. The van der Waals surface area contributed by atoms with Gasteiger partial charge in [0.15, 0.2) is 0 Å². The summed E-state index contributed by atoms with van der Waals surface area (Å²) in [7, 11) is 0. The third-order valence-corrected chi connectivity index (χ3v) is 1.43. The Bertz CT molecular complexity index is 291. The number of benzene rings is 1. The zero-order valence-corrected chi connectivity index (χ0v) is 6.29. The number of Topliss-reactive ketones (excluding diaryl/α,β-unsaturated/α-hetero) is 1. The molecule has 1 N–H and O–H groups in total. The molecule has 56 valence electrons. The third kappa shape index (κ3) is 1.74. The molecule has 1 aromatic rings. The molecule has 11 heavy (non-hydrogen) atoms. The topological polar surface area (TPSA) is 40.9 Å². The van der Waals surface area contributed by atoms with Gasteiger partial charge in [-0.3, -0.25) is 4.79 Å². The molecule has 0 aliphatic heterocycles. The number of rotatable bonds is 2. The van der Waals surface area contributed by atoms with E-state index in [2.05, 4.69) is 0 Å². The van der Waals surface area contributed by atoms with Crippen LogP contribution in [0.25, 0.3) is 0 Å². The first kappa shape index (κ1) is 7.66. The number of aryl methyl sites for hydroxylation is 1. The van der Waals surface area contributed by atoms with E-state index >= 15 is 0 Å². The number of ketones is 1. The predicted molar refractivity (Wildman–Crippen MR) is 44.3 cm³/mol. The van der Waals surface area contributed by atoms with Crippen molar-refractivity contribution in [2.75, 3.05) is 0 Å². The van der Waals surface area contributed by atoms with Gasteiger partial charge in [-0.15, -0.1) is 0 Å². The van der Waals surface area contributed by atoms with Crippen LogP contribution < -0.4 is 0 Å². The fourth-order valence-electron chi connectivity index (χ4n) is 0.882. The van der Waals surface area contributed by atoms with E-state index in [4.69, 9.17) is 5.41 Å². The molecule has 0 amide bonds. The lowest BCUT2D eigenvalue weighted by Crippen LogP contribution is -1.98. The number of hydrogen-bond acceptors (Lipinski definition) is 2. The van der Waals surface area contributed by atoms with Gasteiger partial charge in [0, 0.05) is 5.56 Å². The van der Waals surface area contributed by atoms with Crippen LogP contribution in [0.5, 0.6) is 0 Å². The van der Waals surface area contributed by atoms with Gasteiger partial charge in [-0.2, -0.15) is 0 Å².